The Labute approximate surface area is 172 Å². The van der Waals surface area contributed by atoms with Crippen molar-refractivity contribution in [2.24, 2.45) is 4.99 Å². The summed E-state index contributed by atoms with van der Waals surface area (Å²) in [6, 6.07) is 6.16. The first-order chi connectivity index (χ1) is 14.4. The van der Waals surface area contributed by atoms with E-state index in [1.54, 1.807) is 18.3 Å². The van der Waals surface area contributed by atoms with Gasteiger partial charge in [-0.05, 0) is 36.8 Å². The Morgan fingerprint density at radius 1 is 1.33 bits per heavy atom. The highest BCUT2D eigenvalue weighted by atomic mass is 35.5. The number of aromatic amines is 1. The van der Waals surface area contributed by atoms with Crippen molar-refractivity contribution >= 4 is 34.1 Å². The summed E-state index contributed by atoms with van der Waals surface area (Å²) in [5.41, 5.74) is 1.80. The lowest BCUT2D eigenvalue weighted by atomic mass is 10.0. The average molecular weight is 431 g/mol. The molecule has 1 aliphatic rings. The standard InChI is InChI=1S/C19H13ClF2N6O2/c1-8-5-9-7-24-26-15(9)13-14(8)25-18(30-19(13)29)12-6-11(16(21)22)27-28(12)17-10(20)3-2-4-23-17/h2-7,16,19,29H,1H3,(H,24,26). The first-order valence-electron chi connectivity index (χ1n) is 8.83. The Morgan fingerprint density at radius 2 is 2.17 bits per heavy atom. The molecule has 0 bridgehead atoms. The molecular formula is C19H13ClF2N6O2. The summed E-state index contributed by atoms with van der Waals surface area (Å²) in [4.78, 5) is 8.62. The van der Waals surface area contributed by atoms with Crippen LogP contribution in [0.2, 0.25) is 5.02 Å². The van der Waals surface area contributed by atoms with Crippen molar-refractivity contribution in [2.75, 3.05) is 0 Å². The third-order valence-electron chi connectivity index (χ3n) is 4.73. The molecule has 1 aromatic carbocycles. The number of ether oxygens (including phenoxy) is 1. The van der Waals surface area contributed by atoms with Crippen LogP contribution in [-0.2, 0) is 4.74 Å². The van der Waals surface area contributed by atoms with Crippen LogP contribution in [0, 0.1) is 6.92 Å². The molecule has 11 heteroatoms. The number of rotatable bonds is 3. The molecule has 0 aliphatic carbocycles. The Balaban J connectivity index is 1.74. The number of hydrogen-bond donors (Lipinski definition) is 2. The van der Waals surface area contributed by atoms with Gasteiger partial charge in [0.15, 0.2) is 5.82 Å². The zero-order chi connectivity index (χ0) is 21.0. The minimum Gasteiger partial charge on any atom is -0.442 e. The van der Waals surface area contributed by atoms with Crippen molar-refractivity contribution in [1.29, 1.82) is 0 Å². The van der Waals surface area contributed by atoms with Crippen molar-refractivity contribution in [3.05, 3.63) is 64.2 Å². The first kappa shape index (κ1) is 18.6. The molecule has 0 radical (unpaired) electrons. The highest BCUT2D eigenvalue weighted by molar-refractivity contribution is 6.32. The highest BCUT2D eigenvalue weighted by Gasteiger charge is 2.31. The van der Waals surface area contributed by atoms with E-state index in [9.17, 15) is 13.9 Å². The van der Waals surface area contributed by atoms with E-state index in [2.05, 4.69) is 25.3 Å². The predicted octanol–water partition coefficient (Wildman–Crippen LogP) is 4.14. The van der Waals surface area contributed by atoms with Gasteiger partial charge in [-0.15, -0.1) is 0 Å². The molecule has 0 fully saturated rings. The molecule has 0 amide bonds. The maximum Gasteiger partial charge on any atom is 0.282 e. The number of fused-ring (bicyclic) bond motifs is 3. The average Bonchev–Trinajstić information content (AvgIpc) is 3.35. The third kappa shape index (κ3) is 2.84. The molecule has 1 unspecified atom stereocenters. The van der Waals surface area contributed by atoms with Crippen molar-refractivity contribution in [2.45, 2.75) is 19.6 Å². The maximum absolute atomic E-state index is 13.4. The monoisotopic (exact) mass is 430 g/mol. The number of aliphatic hydroxyl groups is 1. The van der Waals surface area contributed by atoms with Gasteiger partial charge in [0.05, 0.1) is 28.0 Å². The quantitative estimate of drug-likeness (QED) is 0.508. The second-order valence-corrected chi connectivity index (χ2v) is 7.06. The molecule has 2 N–H and O–H groups in total. The molecule has 0 saturated carbocycles. The summed E-state index contributed by atoms with van der Waals surface area (Å²) in [6.45, 7) is 1.82. The number of pyridine rings is 1. The number of aromatic nitrogens is 5. The fraction of sp³-hybridized carbons (Fsp3) is 0.158. The molecule has 152 valence electrons. The third-order valence-corrected chi connectivity index (χ3v) is 5.03. The van der Waals surface area contributed by atoms with Gasteiger partial charge in [0, 0.05) is 11.6 Å². The lowest BCUT2D eigenvalue weighted by Crippen LogP contribution is -2.20. The lowest BCUT2D eigenvalue weighted by molar-refractivity contribution is -0.0308. The van der Waals surface area contributed by atoms with Crippen LogP contribution < -0.4 is 0 Å². The van der Waals surface area contributed by atoms with E-state index in [0.717, 1.165) is 21.7 Å². The number of benzene rings is 1. The van der Waals surface area contributed by atoms with Gasteiger partial charge in [0.25, 0.3) is 6.43 Å². The summed E-state index contributed by atoms with van der Waals surface area (Å²) in [7, 11) is 0. The second kappa shape index (κ2) is 6.85. The zero-order valence-electron chi connectivity index (χ0n) is 15.3. The normalized spacial score (nSPS) is 15.9. The van der Waals surface area contributed by atoms with Gasteiger partial charge in [0.2, 0.25) is 12.2 Å². The molecule has 4 aromatic rings. The largest absolute Gasteiger partial charge is 0.442 e. The summed E-state index contributed by atoms with van der Waals surface area (Å²) in [6.07, 6.45) is -1.14. The van der Waals surface area contributed by atoms with Crippen LogP contribution >= 0.6 is 11.6 Å². The van der Waals surface area contributed by atoms with Crippen molar-refractivity contribution in [3.63, 3.8) is 0 Å². The van der Waals surface area contributed by atoms with Crippen LogP contribution in [0.25, 0.3) is 16.7 Å². The van der Waals surface area contributed by atoms with Gasteiger partial charge in [-0.2, -0.15) is 10.2 Å². The molecule has 30 heavy (non-hydrogen) atoms. The first-order valence-corrected chi connectivity index (χ1v) is 9.21. The molecule has 1 aliphatic heterocycles. The van der Waals surface area contributed by atoms with Gasteiger partial charge in [0.1, 0.15) is 11.4 Å². The van der Waals surface area contributed by atoms with Crippen LogP contribution in [0.4, 0.5) is 14.5 Å². The fourth-order valence-corrected chi connectivity index (χ4v) is 3.61. The van der Waals surface area contributed by atoms with Gasteiger partial charge in [-0.25, -0.2) is 23.4 Å². The van der Waals surface area contributed by atoms with Gasteiger partial charge in [-0.3, -0.25) is 5.10 Å². The Morgan fingerprint density at radius 3 is 2.93 bits per heavy atom. The fourth-order valence-electron chi connectivity index (χ4n) is 3.41. The van der Waals surface area contributed by atoms with Crippen molar-refractivity contribution in [3.8, 4) is 5.82 Å². The summed E-state index contributed by atoms with van der Waals surface area (Å²) >= 11 is 6.19. The van der Waals surface area contributed by atoms with Gasteiger partial charge in [-0.1, -0.05) is 11.6 Å². The number of nitrogens with one attached hydrogen (secondary N) is 1. The molecule has 0 spiro atoms. The number of nitrogens with zero attached hydrogens (tertiary/aromatic N) is 5. The van der Waals surface area contributed by atoms with Gasteiger partial charge >= 0.3 is 0 Å². The van der Waals surface area contributed by atoms with E-state index < -0.39 is 18.4 Å². The number of aliphatic hydroxyl groups excluding tert-OH is 1. The number of hydrogen-bond acceptors (Lipinski definition) is 6. The number of alkyl halides is 2. The van der Waals surface area contributed by atoms with E-state index in [-0.39, 0.29) is 22.4 Å². The smallest absolute Gasteiger partial charge is 0.282 e. The second-order valence-electron chi connectivity index (χ2n) is 6.65. The predicted molar refractivity (Wildman–Crippen MR) is 104 cm³/mol. The maximum atomic E-state index is 13.4. The van der Waals surface area contributed by atoms with Crippen LogP contribution in [0.15, 0.2) is 41.7 Å². The molecule has 8 nitrogen and oxygen atoms in total. The molecular weight excluding hydrogens is 418 g/mol. The topological polar surface area (TPSA) is 101 Å². The Bertz CT molecular complexity index is 1320. The van der Waals surface area contributed by atoms with E-state index in [1.807, 2.05) is 13.0 Å². The summed E-state index contributed by atoms with van der Waals surface area (Å²) < 4.78 is 33.5. The van der Waals surface area contributed by atoms with Crippen LogP contribution in [0.3, 0.4) is 0 Å². The highest BCUT2D eigenvalue weighted by Crippen LogP contribution is 2.40. The van der Waals surface area contributed by atoms with Crippen molar-refractivity contribution < 1.29 is 18.6 Å². The van der Waals surface area contributed by atoms with E-state index in [0.29, 0.717) is 16.8 Å². The lowest BCUT2D eigenvalue weighted by Gasteiger charge is -2.24. The van der Waals surface area contributed by atoms with E-state index >= 15 is 0 Å². The Hall–Kier alpha value is -3.37. The number of halogens is 3. The van der Waals surface area contributed by atoms with E-state index in [4.69, 9.17) is 16.3 Å². The molecule has 1 atom stereocenters. The number of aliphatic imine (C=N–C) groups is 1. The van der Waals surface area contributed by atoms with Gasteiger partial charge < -0.3 is 9.84 Å². The van der Waals surface area contributed by atoms with Crippen LogP contribution in [-0.4, -0.2) is 36.0 Å². The molecule has 3 aromatic heterocycles. The number of H-pyrrole nitrogens is 1. The number of aryl methyl sites for hydroxylation is 1. The molecule has 5 rings (SSSR count). The zero-order valence-corrected chi connectivity index (χ0v) is 16.1. The molecule has 0 saturated heterocycles. The Kier molecular flexibility index (Phi) is 4.26. The SMILES string of the molecule is Cc1cc2cn[nH]c2c2c1N=C(c1cc(C(F)F)nn1-c1ncccc1Cl)OC2O. The molecule has 4 heterocycles. The summed E-state index contributed by atoms with van der Waals surface area (Å²) in [5.74, 6) is 0.0477. The summed E-state index contributed by atoms with van der Waals surface area (Å²) in [5, 5.41) is 22.4. The van der Waals surface area contributed by atoms with Crippen LogP contribution in [0.1, 0.15) is 35.2 Å². The minimum absolute atomic E-state index is 0.0831. The minimum atomic E-state index is -2.83. The van der Waals surface area contributed by atoms with E-state index in [1.165, 1.54) is 6.20 Å². The van der Waals surface area contributed by atoms with Crippen LogP contribution in [0.5, 0.6) is 0 Å². The van der Waals surface area contributed by atoms with Crippen molar-refractivity contribution in [1.82, 2.24) is 25.0 Å².